The van der Waals surface area contributed by atoms with E-state index in [0.717, 1.165) is 34.0 Å². The first kappa shape index (κ1) is 16.5. The second kappa shape index (κ2) is 6.82. The van der Waals surface area contributed by atoms with Crippen LogP contribution in [0.5, 0.6) is 0 Å². The highest BCUT2D eigenvalue weighted by Gasteiger charge is 2.16. The van der Waals surface area contributed by atoms with E-state index in [1.165, 1.54) is 16.5 Å². The maximum absolute atomic E-state index is 6.17. The van der Waals surface area contributed by atoms with Crippen molar-refractivity contribution in [1.82, 2.24) is 4.98 Å². The Morgan fingerprint density at radius 1 is 0.786 bits per heavy atom. The molecule has 5 aromatic rings. The third-order valence-electron chi connectivity index (χ3n) is 5.18. The molecule has 134 valence electrons. The summed E-state index contributed by atoms with van der Waals surface area (Å²) >= 11 is 0. The summed E-state index contributed by atoms with van der Waals surface area (Å²) < 4.78 is 6.17. The van der Waals surface area contributed by atoms with Crippen molar-refractivity contribution in [2.75, 3.05) is 0 Å². The van der Waals surface area contributed by atoms with Crippen LogP contribution >= 0.6 is 0 Å². The number of para-hydroxylation sites is 2. The molecule has 0 saturated heterocycles. The van der Waals surface area contributed by atoms with Gasteiger partial charge < -0.3 is 4.42 Å². The van der Waals surface area contributed by atoms with Crippen molar-refractivity contribution in [3.63, 3.8) is 0 Å². The summed E-state index contributed by atoms with van der Waals surface area (Å²) in [6.45, 7) is 3.96. The van der Waals surface area contributed by atoms with Crippen LogP contribution in [-0.2, 0) is 6.42 Å². The molecule has 0 unspecified atom stereocenters. The van der Waals surface area contributed by atoms with Crippen molar-refractivity contribution in [2.24, 2.45) is 0 Å². The fourth-order valence-electron chi connectivity index (χ4n) is 3.80. The molecule has 0 fully saturated rings. The second-order valence-corrected chi connectivity index (χ2v) is 6.89. The predicted octanol–water partition coefficient (Wildman–Crippen LogP) is 6.88. The Kier molecular flexibility index (Phi) is 4.02. The third-order valence-corrected chi connectivity index (χ3v) is 5.18. The summed E-state index contributed by atoms with van der Waals surface area (Å²) in [5.41, 5.74) is 6.34. The lowest BCUT2D eigenvalue weighted by Gasteiger charge is -2.12. The molecule has 0 N–H and O–H groups in total. The molecule has 0 aliphatic rings. The van der Waals surface area contributed by atoms with E-state index in [0.29, 0.717) is 5.89 Å². The maximum Gasteiger partial charge on any atom is 0.228 e. The highest BCUT2D eigenvalue weighted by molar-refractivity contribution is 5.97. The smallest absolute Gasteiger partial charge is 0.228 e. The predicted molar refractivity (Wildman–Crippen MR) is 116 cm³/mol. The normalized spacial score (nSPS) is 11.1. The zero-order valence-electron chi connectivity index (χ0n) is 15.4. The molecule has 1 heterocycles. The summed E-state index contributed by atoms with van der Waals surface area (Å²) in [7, 11) is 0. The topological polar surface area (TPSA) is 26.0 Å². The fraction of sp³-hybridized carbons (Fsp3) is 0.0385. The first-order chi connectivity index (χ1) is 13.8. The van der Waals surface area contributed by atoms with Crippen LogP contribution in [0.3, 0.4) is 0 Å². The molecule has 4 aromatic carbocycles. The van der Waals surface area contributed by atoms with Gasteiger partial charge in [0.15, 0.2) is 5.58 Å². The molecule has 0 amide bonds. The summed E-state index contributed by atoms with van der Waals surface area (Å²) in [6, 6.07) is 29.0. The maximum atomic E-state index is 6.17. The zero-order valence-corrected chi connectivity index (χ0v) is 15.4. The van der Waals surface area contributed by atoms with E-state index in [1.807, 2.05) is 36.4 Å². The summed E-state index contributed by atoms with van der Waals surface area (Å²) in [5, 5.41) is 2.34. The number of aromatic nitrogens is 1. The summed E-state index contributed by atoms with van der Waals surface area (Å²) in [6.07, 6.45) is 2.70. The Morgan fingerprint density at radius 2 is 1.57 bits per heavy atom. The van der Waals surface area contributed by atoms with Crippen molar-refractivity contribution in [2.45, 2.75) is 6.42 Å². The standard InChI is InChI=1S/C26H19NO/c1-2-18-9-3-4-11-20(18)17-21-16-15-19-10-5-6-12-22(19)25(21)26-27-23-13-7-8-14-24(23)28-26/h2-16H,1,17H2. The zero-order chi connectivity index (χ0) is 18.9. The van der Waals surface area contributed by atoms with E-state index in [2.05, 4.69) is 61.2 Å². The van der Waals surface area contributed by atoms with Gasteiger partial charge in [-0.25, -0.2) is 4.98 Å². The van der Waals surface area contributed by atoms with Crippen LogP contribution in [0.4, 0.5) is 0 Å². The third kappa shape index (κ3) is 2.80. The Labute approximate surface area is 163 Å². The van der Waals surface area contributed by atoms with Gasteiger partial charge in [-0.15, -0.1) is 0 Å². The largest absolute Gasteiger partial charge is 0.436 e. The molecule has 2 heteroatoms. The van der Waals surface area contributed by atoms with E-state index in [9.17, 15) is 0 Å². The lowest BCUT2D eigenvalue weighted by Crippen LogP contribution is -1.96. The van der Waals surface area contributed by atoms with Crippen LogP contribution in [0.2, 0.25) is 0 Å². The van der Waals surface area contributed by atoms with E-state index in [4.69, 9.17) is 9.40 Å². The van der Waals surface area contributed by atoms with Crippen LogP contribution in [0, 0.1) is 0 Å². The number of nitrogens with zero attached hydrogens (tertiary/aromatic N) is 1. The van der Waals surface area contributed by atoms with Gasteiger partial charge in [-0.1, -0.05) is 85.5 Å². The number of rotatable bonds is 4. The van der Waals surface area contributed by atoms with Crippen molar-refractivity contribution < 1.29 is 4.42 Å². The Balaban J connectivity index is 1.75. The van der Waals surface area contributed by atoms with Crippen molar-refractivity contribution in [3.05, 3.63) is 108 Å². The minimum Gasteiger partial charge on any atom is -0.436 e. The van der Waals surface area contributed by atoms with E-state index < -0.39 is 0 Å². The van der Waals surface area contributed by atoms with Gasteiger partial charge in [0.1, 0.15) is 5.52 Å². The van der Waals surface area contributed by atoms with E-state index >= 15 is 0 Å². The summed E-state index contributed by atoms with van der Waals surface area (Å²) in [5.74, 6) is 0.670. The van der Waals surface area contributed by atoms with Crippen LogP contribution in [-0.4, -0.2) is 4.98 Å². The molecule has 0 bridgehead atoms. The molecule has 0 saturated carbocycles. The lowest BCUT2D eigenvalue weighted by atomic mass is 9.92. The molecular weight excluding hydrogens is 342 g/mol. The van der Waals surface area contributed by atoms with Gasteiger partial charge in [-0.05, 0) is 46.0 Å². The molecular formula is C26H19NO. The quantitative estimate of drug-likeness (QED) is 0.349. The van der Waals surface area contributed by atoms with Gasteiger partial charge in [0.2, 0.25) is 5.89 Å². The minimum absolute atomic E-state index is 0.670. The molecule has 5 rings (SSSR count). The molecule has 1 aromatic heterocycles. The van der Waals surface area contributed by atoms with Gasteiger partial charge in [0.05, 0.1) is 0 Å². The highest BCUT2D eigenvalue weighted by atomic mass is 16.3. The van der Waals surface area contributed by atoms with E-state index in [-0.39, 0.29) is 0 Å². The molecule has 0 radical (unpaired) electrons. The first-order valence-corrected chi connectivity index (χ1v) is 9.40. The Morgan fingerprint density at radius 3 is 2.46 bits per heavy atom. The monoisotopic (exact) mass is 361 g/mol. The molecule has 0 aliphatic heterocycles. The van der Waals surface area contributed by atoms with Gasteiger partial charge >= 0.3 is 0 Å². The average Bonchev–Trinajstić information content (AvgIpc) is 3.17. The van der Waals surface area contributed by atoms with Gasteiger partial charge in [-0.3, -0.25) is 0 Å². The number of hydrogen-bond donors (Lipinski definition) is 0. The molecule has 0 atom stereocenters. The lowest BCUT2D eigenvalue weighted by molar-refractivity contribution is 0.620. The minimum atomic E-state index is 0.670. The molecule has 28 heavy (non-hydrogen) atoms. The second-order valence-electron chi connectivity index (χ2n) is 6.89. The number of fused-ring (bicyclic) bond motifs is 2. The number of oxazole rings is 1. The van der Waals surface area contributed by atoms with Crippen LogP contribution < -0.4 is 0 Å². The molecule has 2 nitrogen and oxygen atoms in total. The average molecular weight is 361 g/mol. The SMILES string of the molecule is C=Cc1ccccc1Cc1ccc2ccccc2c1-c1nc2ccccc2o1. The highest BCUT2D eigenvalue weighted by Crippen LogP contribution is 2.35. The van der Waals surface area contributed by atoms with Crippen LogP contribution in [0.15, 0.2) is 95.9 Å². The van der Waals surface area contributed by atoms with Crippen molar-refractivity contribution in [3.8, 4) is 11.5 Å². The summed E-state index contributed by atoms with van der Waals surface area (Å²) in [4.78, 5) is 4.79. The molecule has 0 aliphatic carbocycles. The molecule has 0 spiro atoms. The number of hydrogen-bond acceptors (Lipinski definition) is 2. The van der Waals surface area contributed by atoms with Crippen molar-refractivity contribution in [1.29, 1.82) is 0 Å². The number of benzene rings is 4. The fourth-order valence-corrected chi connectivity index (χ4v) is 3.80. The van der Waals surface area contributed by atoms with Gasteiger partial charge in [0, 0.05) is 5.56 Å². The Bertz CT molecular complexity index is 1280. The van der Waals surface area contributed by atoms with Gasteiger partial charge in [-0.2, -0.15) is 0 Å². The first-order valence-electron chi connectivity index (χ1n) is 9.40. The van der Waals surface area contributed by atoms with Crippen LogP contribution in [0.25, 0.3) is 39.4 Å². The Hall–Kier alpha value is -3.65. The van der Waals surface area contributed by atoms with Crippen molar-refractivity contribution >= 4 is 27.9 Å². The van der Waals surface area contributed by atoms with E-state index in [1.54, 1.807) is 0 Å². The van der Waals surface area contributed by atoms with Crippen LogP contribution in [0.1, 0.15) is 16.7 Å². The van der Waals surface area contributed by atoms with Gasteiger partial charge in [0.25, 0.3) is 0 Å².